The van der Waals surface area contributed by atoms with Crippen LogP contribution in [-0.2, 0) is 0 Å². The first-order chi connectivity index (χ1) is 4.33. The van der Waals surface area contributed by atoms with E-state index in [9.17, 15) is 0 Å². The molecule has 3 heteroatoms. The number of alkyl halides is 1. The molecular formula is C6H9ClN2. The van der Waals surface area contributed by atoms with Crippen molar-refractivity contribution in [3.8, 4) is 6.07 Å². The molecule has 0 aromatic rings. The van der Waals surface area contributed by atoms with E-state index in [2.05, 4.69) is 11.4 Å². The van der Waals surface area contributed by atoms with Crippen LogP contribution < -0.4 is 5.32 Å². The molecule has 0 aromatic heterocycles. The molecule has 2 nitrogen and oxygen atoms in total. The first kappa shape index (κ1) is 6.85. The van der Waals surface area contributed by atoms with Crippen molar-refractivity contribution < 1.29 is 0 Å². The number of nitrogens with zero attached hydrogens (tertiary/aromatic N) is 1. The molecule has 1 aliphatic heterocycles. The van der Waals surface area contributed by atoms with E-state index < -0.39 is 0 Å². The Morgan fingerprint density at radius 2 is 2.33 bits per heavy atom. The zero-order chi connectivity index (χ0) is 6.69. The van der Waals surface area contributed by atoms with Gasteiger partial charge in [0.1, 0.15) is 0 Å². The highest BCUT2D eigenvalue weighted by Gasteiger charge is 2.17. The average molecular weight is 145 g/mol. The van der Waals surface area contributed by atoms with Gasteiger partial charge in [-0.25, -0.2) is 0 Å². The van der Waals surface area contributed by atoms with Crippen LogP contribution in [0, 0.1) is 11.3 Å². The van der Waals surface area contributed by atoms with Crippen LogP contribution in [0.2, 0.25) is 0 Å². The lowest BCUT2D eigenvalue weighted by Crippen LogP contribution is -2.38. The molecule has 50 valence electrons. The summed E-state index contributed by atoms with van der Waals surface area (Å²) in [4.78, 5) is 0. The molecular weight excluding hydrogens is 136 g/mol. The van der Waals surface area contributed by atoms with E-state index >= 15 is 0 Å². The van der Waals surface area contributed by atoms with E-state index in [1.54, 1.807) is 0 Å². The Bertz CT molecular complexity index is 122. The number of halogens is 1. The summed E-state index contributed by atoms with van der Waals surface area (Å²) in [5.41, 5.74) is 0. The zero-order valence-corrected chi connectivity index (χ0v) is 5.86. The second kappa shape index (κ2) is 3.05. The van der Waals surface area contributed by atoms with E-state index in [-0.39, 0.29) is 11.4 Å². The molecule has 0 aromatic carbocycles. The molecule has 2 atom stereocenters. The predicted molar refractivity (Wildman–Crippen MR) is 36.3 cm³/mol. The normalized spacial score (nSPS) is 35.6. The lowest BCUT2D eigenvalue weighted by atomic mass is 10.1. The first-order valence-corrected chi connectivity index (χ1v) is 3.53. The Morgan fingerprint density at radius 3 is 2.78 bits per heavy atom. The Balaban J connectivity index is 2.28. The summed E-state index contributed by atoms with van der Waals surface area (Å²) >= 11 is 5.77. The summed E-state index contributed by atoms with van der Waals surface area (Å²) in [5, 5.41) is 11.7. The maximum absolute atomic E-state index is 8.42. The largest absolute Gasteiger partial charge is 0.300 e. The van der Waals surface area contributed by atoms with Crippen LogP contribution in [0.15, 0.2) is 0 Å². The second-order valence-electron chi connectivity index (χ2n) is 2.26. The van der Waals surface area contributed by atoms with Crippen LogP contribution in [0.25, 0.3) is 0 Å². The Morgan fingerprint density at radius 1 is 1.56 bits per heavy atom. The smallest absolute Gasteiger partial charge is 0.0954 e. The van der Waals surface area contributed by atoms with Crippen molar-refractivity contribution >= 4 is 11.6 Å². The quantitative estimate of drug-likeness (QED) is 0.512. The van der Waals surface area contributed by atoms with Crippen LogP contribution in [0.4, 0.5) is 0 Å². The van der Waals surface area contributed by atoms with Crippen LogP contribution >= 0.6 is 11.6 Å². The van der Waals surface area contributed by atoms with E-state index in [0.29, 0.717) is 0 Å². The van der Waals surface area contributed by atoms with Gasteiger partial charge >= 0.3 is 0 Å². The van der Waals surface area contributed by atoms with Crippen molar-refractivity contribution in [3.05, 3.63) is 0 Å². The van der Waals surface area contributed by atoms with Crippen LogP contribution in [0.5, 0.6) is 0 Å². The maximum Gasteiger partial charge on any atom is 0.0954 e. The topological polar surface area (TPSA) is 35.8 Å². The predicted octanol–water partition coefficient (Wildman–Crippen LogP) is 0.869. The van der Waals surface area contributed by atoms with Gasteiger partial charge in [0.15, 0.2) is 0 Å². The van der Waals surface area contributed by atoms with Crippen molar-refractivity contribution in [3.63, 3.8) is 0 Å². The van der Waals surface area contributed by atoms with Crippen molar-refractivity contribution in [2.24, 2.45) is 0 Å². The number of nitrogens with one attached hydrogen (secondary N) is 1. The highest BCUT2D eigenvalue weighted by atomic mass is 35.5. The van der Waals surface area contributed by atoms with E-state index in [0.717, 1.165) is 19.4 Å². The minimum atomic E-state index is 0.0417. The minimum absolute atomic E-state index is 0.0417. The molecule has 0 spiro atoms. The third-order valence-electron chi connectivity index (χ3n) is 1.51. The fourth-order valence-electron chi connectivity index (χ4n) is 0.932. The van der Waals surface area contributed by atoms with Gasteiger partial charge in [0.25, 0.3) is 0 Å². The molecule has 0 radical (unpaired) electrons. The van der Waals surface area contributed by atoms with E-state index in [1.165, 1.54) is 0 Å². The summed E-state index contributed by atoms with van der Waals surface area (Å²) in [6.45, 7) is 0.778. The summed E-state index contributed by atoms with van der Waals surface area (Å²) in [6.07, 6.45) is 1.86. The number of piperidine rings is 1. The summed E-state index contributed by atoms with van der Waals surface area (Å²) in [6, 6.07) is 2.20. The molecule has 2 unspecified atom stereocenters. The van der Waals surface area contributed by atoms with Crippen LogP contribution in [0.3, 0.4) is 0 Å². The second-order valence-corrected chi connectivity index (χ2v) is 2.88. The summed E-state index contributed by atoms with van der Waals surface area (Å²) in [7, 11) is 0. The SMILES string of the molecule is N#CC1CCC(Cl)CN1. The Hall–Kier alpha value is -0.260. The molecule has 0 saturated carbocycles. The maximum atomic E-state index is 8.42. The van der Waals surface area contributed by atoms with Gasteiger partial charge < -0.3 is 5.32 Å². The molecule has 9 heavy (non-hydrogen) atoms. The third kappa shape index (κ3) is 1.85. The number of rotatable bonds is 0. The summed E-state index contributed by atoms with van der Waals surface area (Å²) in [5.74, 6) is 0. The molecule has 0 aliphatic carbocycles. The summed E-state index contributed by atoms with van der Waals surface area (Å²) < 4.78 is 0. The van der Waals surface area contributed by atoms with Gasteiger partial charge in [0, 0.05) is 11.9 Å². The standard InChI is InChI=1S/C6H9ClN2/c7-5-1-2-6(3-8)9-4-5/h5-6,9H,1-2,4H2. The van der Waals surface area contributed by atoms with Crippen molar-refractivity contribution in [1.82, 2.24) is 5.32 Å². The van der Waals surface area contributed by atoms with Gasteiger partial charge in [-0.05, 0) is 12.8 Å². The zero-order valence-electron chi connectivity index (χ0n) is 5.10. The van der Waals surface area contributed by atoms with Gasteiger partial charge in [-0.15, -0.1) is 11.6 Å². The molecule has 1 fully saturated rings. The number of hydrogen-bond acceptors (Lipinski definition) is 2. The van der Waals surface area contributed by atoms with Crippen LogP contribution in [0.1, 0.15) is 12.8 Å². The Kier molecular flexibility index (Phi) is 2.32. The Labute approximate surface area is 59.8 Å². The monoisotopic (exact) mass is 144 g/mol. The lowest BCUT2D eigenvalue weighted by molar-refractivity contribution is 0.466. The van der Waals surface area contributed by atoms with Gasteiger partial charge in [-0.1, -0.05) is 0 Å². The fourth-order valence-corrected chi connectivity index (χ4v) is 1.15. The highest BCUT2D eigenvalue weighted by Crippen LogP contribution is 2.11. The van der Waals surface area contributed by atoms with Crippen molar-refractivity contribution in [2.45, 2.75) is 24.3 Å². The van der Waals surface area contributed by atoms with Gasteiger partial charge in [0.05, 0.1) is 12.1 Å². The molecule has 1 saturated heterocycles. The number of hydrogen-bond donors (Lipinski definition) is 1. The third-order valence-corrected chi connectivity index (χ3v) is 1.88. The lowest BCUT2D eigenvalue weighted by Gasteiger charge is -2.20. The van der Waals surface area contributed by atoms with E-state index in [1.807, 2.05) is 0 Å². The average Bonchev–Trinajstić information content (AvgIpc) is 1.90. The molecule has 1 N–H and O–H groups in total. The van der Waals surface area contributed by atoms with Crippen molar-refractivity contribution in [2.75, 3.05) is 6.54 Å². The minimum Gasteiger partial charge on any atom is -0.300 e. The molecule has 1 aliphatic rings. The van der Waals surface area contributed by atoms with Crippen molar-refractivity contribution in [1.29, 1.82) is 5.26 Å². The molecule has 1 rings (SSSR count). The molecule has 0 bridgehead atoms. The first-order valence-electron chi connectivity index (χ1n) is 3.10. The van der Waals surface area contributed by atoms with Gasteiger partial charge in [-0.3, -0.25) is 0 Å². The molecule has 0 amide bonds. The van der Waals surface area contributed by atoms with Gasteiger partial charge in [0.2, 0.25) is 0 Å². The van der Waals surface area contributed by atoms with E-state index in [4.69, 9.17) is 16.9 Å². The van der Waals surface area contributed by atoms with Gasteiger partial charge in [-0.2, -0.15) is 5.26 Å². The fraction of sp³-hybridized carbons (Fsp3) is 0.833. The highest BCUT2D eigenvalue weighted by molar-refractivity contribution is 6.20. The number of nitriles is 1. The molecule has 1 heterocycles. The van der Waals surface area contributed by atoms with Crippen LogP contribution in [-0.4, -0.2) is 18.0 Å².